The molecule has 116 valence electrons. The normalized spacial score (nSPS) is 10.5. The third-order valence-corrected chi connectivity index (χ3v) is 3.73. The first kappa shape index (κ1) is 15.0. The maximum atomic E-state index is 12.3. The van der Waals surface area contributed by atoms with Crippen LogP contribution in [0.5, 0.6) is 0 Å². The molecule has 0 saturated heterocycles. The van der Waals surface area contributed by atoms with Crippen LogP contribution in [0.4, 0.5) is 5.69 Å². The van der Waals surface area contributed by atoms with Gasteiger partial charge in [-0.3, -0.25) is 4.79 Å². The quantitative estimate of drug-likeness (QED) is 0.727. The molecule has 2 aromatic carbocycles. The Labute approximate surface area is 135 Å². The molecular formula is C19H19N3O. The molecule has 1 heterocycles. The Morgan fingerprint density at radius 3 is 2.17 bits per heavy atom. The van der Waals surface area contributed by atoms with Crippen LogP contribution >= 0.6 is 0 Å². The van der Waals surface area contributed by atoms with E-state index in [9.17, 15) is 4.79 Å². The molecule has 0 aliphatic carbocycles. The first-order chi connectivity index (χ1) is 11.2. The van der Waals surface area contributed by atoms with Gasteiger partial charge in [0, 0.05) is 19.7 Å². The topological polar surface area (TPSA) is 38.1 Å². The van der Waals surface area contributed by atoms with E-state index in [1.54, 1.807) is 12.3 Å². The molecule has 0 spiro atoms. The molecule has 0 fully saturated rings. The van der Waals surface area contributed by atoms with Crippen molar-refractivity contribution in [1.29, 1.82) is 0 Å². The molecule has 0 aliphatic rings. The van der Waals surface area contributed by atoms with Gasteiger partial charge in [0.15, 0.2) is 0 Å². The maximum absolute atomic E-state index is 12.3. The molecule has 0 radical (unpaired) electrons. The van der Waals surface area contributed by atoms with Crippen LogP contribution in [0, 0.1) is 0 Å². The lowest BCUT2D eigenvalue weighted by molar-refractivity contribution is 0.637. The largest absolute Gasteiger partial charge is 0.369 e. The Hall–Kier alpha value is -2.88. The van der Waals surface area contributed by atoms with Gasteiger partial charge in [-0.1, -0.05) is 60.7 Å². The minimum Gasteiger partial charge on any atom is -0.369 e. The van der Waals surface area contributed by atoms with E-state index in [0.717, 1.165) is 17.8 Å². The summed E-state index contributed by atoms with van der Waals surface area (Å²) in [5.41, 5.74) is 2.99. The molecule has 3 rings (SSSR count). The number of hydrogen-bond acceptors (Lipinski definition) is 3. The van der Waals surface area contributed by atoms with Crippen molar-refractivity contribution in [3.8, 4) is 0 Å². The molecular weight excluding hydrogens is 286 g/mol. The third-order valence-electron chi connectivity index (χ3n) is 3.73. The molecule has 0 amide bonds. The van der Waals surface area contributed by atoms with Gasteiger partial charge in [0.05, 0.1) is 18.4 Å². The Bertz CT molecular complexity index is 813. The van der Waals surface area contributed by atoms with Gasteiger partial charge in [0.2, 0.25) is 0 Å². The molecule has 1 aromatic heterocycles. The Kier molecular flexibility index (Phi) is 4.52. The van der Waals surface area contributed by atoms with E-state index in [0.29, 0.717) is 6.54 Å². The van der Waals surface area contributed by atoms with E-state index in [1.165, 1.54) is 10.2 Å². The van der Waals surface area contributed by atoms with E-state index in [4.69, 9.17) is 0 Å². The first-order valence-corrected chi connectivity index (χ1v) is 7.58. The van der Waals surface area contributed by atoms with Gasteiger partial charge in [-0.25, -0.2) is 4.68 Å². The highest BCUT2D eigenvalue weighted by molar-refractivity contribution is 5.42. The van der Waals surface area contributed by atoms with Gasteiger partial charge in [-0.15, -0.1) is 0 Å². The molecule has 4 nitrogen and oxygen atoms in total. The molecule has 4 heteroatoms. The van der Waals surface area contributed by atoms with Gasteiger partial charge < -0.3 is 4.90 Å². The minimum atomic E-state index is -0.0914. The van der Waals surface area contributed by atoms with Gasteiger partial charge in [-0.2, -0.15) is 5.10 Å². The Balaban J connectivity index is 1.75. The molecule has 0 atom stereocenters. The highest BCUT2D eigenvalue weighted by atomic mass is 16.1. The average molecular weight is 305 g/mol. The summed E-state index contributed by atoms with van der Waals surface area (Å²) < 4.78 is 1.48. The first-order valence-electron chi connectivity index (χ1n) is 7.58. The highest BCUT2D eigenvalue weighted by Gasteiger charge is 2.06. The summed E-state index contributed by atoms with van der Waals surface area (Å²) in [6, 6.07) is 21.7. The van der Waals surface area contributed by atoms with E-state index < -0.39 is 0 Å². The molecule has 0 unspecified atom stereocenters. The zero-order valence-corrected chi connectivity index (χ0v) is 13.1. The summed E-state index contributed by atoms with van der Waals surface area (Å²) >= 11 is 0. The molecule has 0 N–H and O–H groups in total. The van der Waals surface area contributed by atoms with Crippen molar-refractivity contribution in [3.63, 3.8) is 0 Å². The summed E-state index contributed by atoms with van der Waals surface area (Å²) in [6.07, 6.45) is 1.74. The van der Waals surface area contributed by atoms with Crippen LogP contribution in [0.2, 0.25) is 0 Å². The third kappa shape index (κ3) is 3.86. The van der Waals surface area contributed by atoms with E-state index in [1.807, 2.05) is 60.5 Å². The van der Waals surface area contributed by atoms with Crippen LogP contribution in [0.1, 0.15) is 11.1 Å². The van der Waals surface area contributed by atoms with Crippen molar-refractivity contribution in [2.75, 3.05) is 11.9 Å². The zero-order valence-electron chi connectivity index (χ0n) is 13.1. The van der Waals surface area contributed by atoms with E-state index >= 15 is 0 Å². The van der Waals surface area contributed by atoms with Crippen molar-refractivity contribution in [1.82, 2.24) is 9.78 Å². The molecule has 3 aromatic rings. The van der Waals surface area contributed by atoms with Crippen molar-refractivity contribution < 1.29 is 0 Å². The smallest absolute Gasteiger partial charge is 0.269 e. The van der Waals surface area contributed by atoms with Gasteiger partial charge in [-0.05, 0) is 11.1 Å². The van der Waals surface area contributed by atoms with E-state index in [2.05, 4.69) is 17.2 Å². The summed E-state index contributed by atoms with van der Waals surface area (Å²) in [7, 11) is 1.96. The van der Waals surface area contributed by atoms with Crippen molar-refractivity contribution in [2.45, 2.75) is 13.1 Å². The van der Waals surface area contributed by atoms with Crippen LogP contribution in [0.3, 0.4) is 0 Å². The highest BCUT2D eigenvalue weighted by Crippen LogP contribution is 2.12. The summed E-state index contributed by atoms with van der Waals surface area (Å²) in [6.45, 7) is 1.23. The van der Waals surface area contributed by atoms with Crippen LogP contribution in [0.25, 0.3) is 0 Å². The van der Waals surface area contributed by atoms with Crippen LogP contribution in [0.15, 0.2) is 77.7 Å². The van der Waals surface area contributed by atoms with Gasteiger partial charge in [0.1, 0.15) is 0 Å². The molecule has 0 aliphatic heterocycles. The van der Waals surface area contributed by atoms with Crippen LogP contribution < -0.4 is 10.5 Å². The van der Waals surface area contributed by atoms with Crippen molar-refractivity contribution >= 4 is 5.69 Å². The number of aromatic nitrogens is 2. The lowest BCUT2D eigenvalue weighted by atomic mass is 10.2. The SMILES string of the molecule is CN(Cc1ccccc1)c1cnn(Cc2ccccc2)c(=O)c1. The zero-order chi connectivity index (χ0) is 16.1. The molecule has 0 bridgehead atoms. The number of rotatable bonds is 5. The maximum Gasteiger partial charge on any atom is 0.269 e. The molecule has 23 heavy (non-hydrogen) atoms. The fourth-order valence-electron chi connectivity index (χ4n) is 2.46. The monoisotopic (exact) mass is 305 g/mol. The average Bonchev–Trinajstić information content (AvgIpc) is 2.58. The minimum absolute atomic E-state index is 0.0914. The van der Waals surface area contributed by atoms with Crippen molar-refractivity contribution in [2.24, 2.45) is 0 Å². The predicted octanol–water partition coefficient (Wildman–Crippen LogP) is 2.93. The second-order valence-electron chi connectivity index (χ2n) is 5.54. The van der Waals surface area contributed by atoms with Crippen molar-refractivity contribution in [3.05, 3.63) is 94.4 Å². The van der Waals surface area contributed by atoms with E-state index in [-0.39, 0.29) is 5.56 Å². The van der Waals surface area contributed by atoms with Crippen LogP contribution in [-0.4, -0.2) is 16.8 Å². The fourth-order valence-corrected chi connectivity index (χ4v) is 2.46. The van der Waals surface area contributed by atoms with Gasteiger partial charge >= 0.3 is 0 Å². The summed E-state index contributed by atoms with van der Waals surface area (Å²) in [4.78, 5) is 14.3. The number of hydrogen-bond donors (Lipinski definition) is 0. The second kappa shape index (κ2) is 6.92. The second-order valence-corrected chi connectivity index (χ2v) is 5.54. The summed E-state index contributed by atoms with van der Waals surface area (Å²) in [5.74, 6) is 0. The molecule has 0 saturated carbocycles. The number of anilines is 1. The Morgan fingerprint density at radius 1 is 0.957 bits per heavy atom. The fraction of sp³-hybridized carbons (Fsp3) is 0.158. The number of nitrogens with zero attached hydrogens (tertiary/aromatic N) is 3. The lowest BCUT2D eigenvalue weighted by Gasteiger charge is -2.19. The van der Waals surface area contributed by atoms with Crippen LogP contribution in [-0.2, 0) is 13.1 Å². The van der Waals surface area contributed by atoms with Gasteiger partial charge in [0.25, 0.3) is 5.56 Å². The Morgan fingerprint density at radius 2 is 1.57 bits per heavy atom. The summed E-state index contributed by atoms with van der Waals surface area (Å²) in [5, 5.41) is 4.30. The standard InChI is InChI=1S/C19H19N3O/c1-21(14-16-8-4-2-5-9-16)18-12-19(23)22(20-13-18)15-17-10-6-3-7-11-17/h2-13H,14-15H2,1H3. The predicted molar refractivity (Wildman–Crippen MR) is 92.6 cm³/mol. The lowest BCUT2D eigenvalue weighted by Crippen LogP contribution is -2.25. The number of benzene rings is 2.